The first-order chi connectivity index (χ1) is 8.91. The Labute approximate surface area is 115 Å². The molecule has 0 aliphatic heterocycles. The normalized spacial score (nSPS) is 14.4. The SMILES string of the molecule is BC(O)(c1ccc(-c2ccc(C)cc2)nc1)C(C)C. The predicted octanol–water partition coefficient (Wildman–Crippen LogP) is 2.49. The highest BCUT2D eigenvalue weighted by atomic mass is 16.3. The molecule has 3 heteroatoms. The average molecular weight is 253 g/mol. The van der Waals surface area contributed by atoms with E-state index in [-0.39, 0.29) is 5.92 Å². The second kappa shape index (κ2) is 5.18. The van der Waals surface area contributed by atoms with Crippen molar-refractivity contribution in [3.8, 4) is 11.3 Å². The van der Waals surface area contributed by atoms with E-state index >= 15 is 0 Å². The Hall–Kier alpha value is -1.61. The van der Waals surface area contributed by atoms with E-state index in [0.717, 1.165) is 16.8 Å². The smallest absolute Gasteiger partial charge is 0.149 e. The van der Waals surface area contributed by atoms with Crippen molar-refractivity contribution in [2.45, 2.75) is 26.3 Å². The Morgan fingerprint density at radius 1 is 1.11 bits per heavy atom. The van der Waals surface area contributed by atoms with Crippen LogP contribution in [0, 0.1) is 12.8 Å². The number of hydrogen-bond acceptors (Lipinski definition) is 2. The topological polar surface area (TPSA) is 33.1 Å². The first-order valence-electron chi connectivity index (χ1n) is 6.67. The molecule has 1 aromatic carbocycles. The molecule has 0 saturated heterocycles. The van der Waals surface area contributed by atoms with Gasteiger partial charge in [0.05, 0.1) is 11.2 Å². The molecule has 0 amide bonds. The number of hydrogen-bond donors (Lipinski definition) is 1. The second-order valence-electron chi connectivity index (χ2n) is 5.60. The van der Waals surface area contributed by atoms with E-state index in [1.807, 2.05) is 33.8 Å². The van der Waals surface area contributed by atoms with Crippen LogP contribution in [0.4, 0.5) is 0 Å². The van der Waals surface area contributed by atoms with E-state index in [1.54, 1.807) is 6.20 Å². The summed E-state index contributed by atoms with van der Waals surface area (Å²) in [5, 5.41) is 10.4. The first-order valence-corrected chi connectivity index (χ1v) is 6.67. The van der Waals surface area contributed by atoms with E-state index in [1.165, 1.54) is 5.56 Å². The molecule has 0 bridgehead atoms. The summed E-state index contributed by atoms with van der Waals surface area (Å²) >= 11 is 0. The van der Waals surface area contributed by atoms with Crippen LogP contribution < -0.4 is 0 Å². The summed E-state index contributed by atoms with van der Waals surface area (Å²) in [5.41, 5.74) is 3.30. The monoisotopic (exact) mass is 253 g/mol. The Balaban J connectivity index is 2.31. The van der Waals surface area contributed by atoms with Crippen LogP contribution >= 0.6 is 0 Å². The first kappa shape index (κ1) is 13.8. The van der Waals surface area contributed by atoms with Gasteiger partial charge < -0.3 is 5.11 Å². The van der Waals surface area contributed by atoms with Gasteiger partial charge in [-0.25, -0.2) is 0 Å². The maximum Gasteiger partial charge on any atom is 0.149 e. The Morgan fingerprint density at radius 2 is 1.74 bits per heavy atom. The number of rotatable bonds is 3. The van der Waals surface area contributed by atoms with Crippen LogP contribution in [0.25, 0.3) is 11.3 Å². The molecule has 2 aromatic rings. The van der Waals surface area contributed by atoms with Crippen LogP contribution in [-0.2, 0) is 5.50 Å². The summed E-state index contributed by atoms with van der Waals surface area (Å²) in [7, 11) is 1.83. The lowest BCUT2D eigenvalue weighted by Crippen LogP contribution is -2.32. The molecule has 0 aliphatic carbocycles. The Kier molecular flexibility index (Phi) is 3.77. The van der Waals surface area contributed by atoms with Gasteiger partial charge in [0.1, 0.15) is 7.85 Å². The molecule has 1 heterocycles. The molecule has 2 nitrogen and oxygen atoms in total. The lowest BCUT2D eigenvalue weighted by Gasteiger charge is -2.28. The Bertz CT molecular complexity index is 544. The van der Waals surface area contributed by atoms with Gasteiger partial charge in [0.15, 0.2) is 0 Å². The van der Waals surface area contributed by atoms with Gasteiger partial charge in [0, 0.05) is 11.8 Å². The van der Waals surface area contributed by atoms with E-state index in [0.29, 0.717) is 0 Å². The molecular weight excluding hydrogens is 233 g/mol. The maximum atomic E-state index is 10.4. The van der Waals surface area contributed by atoms with Gasteiger partial charge in [-0.2, -0.15) is 0 Å². The maximum absolute atomic E-state index is 10.4. The fourth-order valence-corrected chi connectivity index (χ4v) is 1.92. The summed E-state index contributed by atoms with van der Waals surface area (Å²) in [5.74, 6) is 0.152. The summed E-state index contributed by atoms with van der Waals surface area (Å²) in [4.78, 5) is 4.47. The molecule has 1 aromatic heterocycles. The van der Waals surface area contributed by atoms with E-state index < -0.39 is 5.50 Å². The predicted molar refractivity (Wildman–Crippen MR) is 81.7 cm³/mol. The van der Waals surface area contributed by atoms with Crippen LogP contribution in [0.1, 0.15) is 25.0 Å². The van der Waals surface area contributed by atoms with Crippen molar-refractivity contribution < 1.29 is 5.11 Å². The van der Waals surface area contributed by atoms with Crippen LogP contribution in [0.3, 0.4) is 0 Å². The second-order valence-corrected chi connectivity index (χ2v) is 5.60. The molecule has 1 N–H and O–H groups in total. The molecule has 0 radical (unpaired) electrons. The third-order valence-electron chi connectivity index (χ3n) is 3.82. The third-order valence-corrected chi connectivity index (χ3v) is 3.82. The van der Waals surface area contributed by atoms with Gasteiger partial charge in [-0.15, -0.1) is 0 Å². The number of aromatic nitrogens is 1. The van der Waals surface area contributed by atoms with E-state index in [9.17, 15) is 5.11 Å². The van der Waals surface area contributed by atoms with Gasteiger partial charge in [0.25, 0.3) is 0 Å². The number of aryl methyl sites for hydroxylation is 1. The number of pyridine rings is 1. The molecule has 2 rings (SSSR count). The van der Waals surface area contributed by atoms with Crippen LogP contribution in [0.5, 0.6) is 0 Å². The van der Waals surface area contributed by atoms with Crippen LogP contribution in [-0.4, -0.2) is 17.9 Å². The Morgan fingerprint density at radius 3 is 2.21 bits per heavy atom. The molecule has 0 aliphatic rings. The minimum atomic E-state index is -0.835. The fourth-order valence-electron chi connectivity index (χ4n) is 1.92. The van der Waals surface area contributed by atoms with Crippen molar-refractivity contribution in [1.82, 2.24) is 4.98 Å². The quantitative estimate of drug-likeness (QED) is 0.852. The minimum Gasteiger partial charge on any atom is -0.394 e. The highest BCUT2D eigenvalue weighted by Gasteiger charge is 2.27. The lowest BCUT2D eigenvalue weighted by atomic mass is 9.69. The number of benzene rings is 1. The molecule has 19 heavy (non-hydrogen) atoms. The zero-order chi connectivity index (χ0) is 14.0. The summed E-state index contributed by atoms with van der Waals surface area (Å²) < 4.78 is 0. The van der Waals surface area contributed by atoms with Gasteiger partial charge in [-0.3, -0.25) is 4.98 Å². The van der Waals surface area contributed by atoms with Crippen molar-refractivity contribution >= 4 is 7.85 Å². The summed E-state index contributed by atoms with van der Waals surface area (Å²) in [6.45, 7) is 6.09. The zero-order valence-electron chi connectivity index (χ0n) is 12.0. The molecule has 1 atom stereocenters. The molecule has 0 spiro atoms. The van der Waals surface area contributed by atoms with Gasteiger partial charge in [-0.05, 0) is 24.5 Å². The van der Waals surface area contributed by atoms with Crippen molar-refractivity contribution in [1.29, 1.82) is 0 Å². The van der Waals surface area contributed by atoms with Crippen molar-refractivity contribution in [2.24, 2.45) is 5.92 Å². The minimum absolute atomic E-state index is 0.152. The summed E-state index contributed by atoms with van der Waals surface area (Å²) in [6, 6.07) is 12.2. The molecule has 0 fully saturated rings. The average Bonchev–Trinajstić information content (AvgIpc) is 2.39. The third kappa shape index (κ3) is 2.87. The van der Waals surface area contributed by atoms with E-state index in [2.05, 4.69) is 36.2 Å². The standard InChI is InChI=1S/C16H20BNO/c1-11(2)16(17,19)14-8-9-15(18-10-14)13-6-4-12(3)5-7-13/h4-11,19H,17H2,1-3H3. The van der Waals surface area contributed by atoms with E-state index in [4.69, 9.17) is 0 Å². The highest BCUT2D eigenvalue weighted by molar-refractivity contribution is 6.14. The highest BCUT2D eigenvalue weighted by Crippen LogP contribution is 2.27. The molecular formula is C16H20BNO. The zero-order valence-corrected chi connectivity index (χ0v) is 12.0. The fraction of sp³-hybridized carbons (Fsp3) is 0.312. The van der Waals surface area contributed by atoms with Crippen molar-refractivity contribution in [2.75, 3.05) is 0 Å². The largest absolute Gasteiger partial charge is 0.394 e. The number of aliphatic hydroxyl groups is 1. The van der Waals surface area contributed by atoms with Gasteiger partial charge in [-0.1, -0.05) is 49.7 Å². The van der Waals surface area contributed by atoms with Crippen LogP contribution in [0.15, 0.2) is 42.6 Å². The van der Waals surface area contributed by atoms with Gasteiger partial charge >= 0.3 is 0 Å². The van der Waals surface area contributed by atoms with Crippen LogP contribution in [0.2, 0.25) is 0 Å². The molecule has 1 unspecified atom stereocenters. The van der Waals surface area contributed by atoms with Crippen molar-refractivity contribution in [3.63, 3.8) is 0 Å². The molecule has 0 saturated carbocycles. The molecule has 98 valence electrons. The number of nitrogens with zero attached hydrogens (tertiary/aromatic N) is 1. The summed E-state index contributed by atoms with van der Waals surface area (Å²) in [6.07, 6.45) is 1.77. The van der Waals surface area contributed by atoms with Crippen molar-refractivity contribution in [3.05, 3.63) is 53.7 Å². The van der Waals surface area contributed by atoms with Gasteiger partial charge in [0.2, 0.25) is 0 Å². The lowest BCUT2D eigenvalue weighted by molar-refractivity contribution is 0.0766.